The number of oxazole rings is 1. The van der Waals surface area contributed by atoms with Crippen LogP contribution in [0.25, 0.3) is 11.1 Å². The highest BCUT2D eigenvalue weighted by Crippen LogP contribution is 2.29. The number of halogens is 1. The molecule has 0 atom stereocenters. The van der Waals surface area contributed by atoms with E-state index in [1.165, 1.54) is 0 Å². The third kappa shape index (κ3) is 1.40. The molecule has 1 aromatic carbocycles. The molecule has 2 aromatic rings. The number of aromatic nitrogens is 1. The van der Waals surface area contributed by atoms with Crippen molar-refractivity contribution in [3.63, 3.8) is 0 Å². The molecule has 0 fully saturated rings. The molecule has 1 heterocycles. The van der Waals surface area contributed by atoms with Crippen LogP contribution in [0.2, 0.25) is 5.02 Å². The van der Waals surface area contributed by atoms with Crippen molar-refractivity contribution >= 4 is 22.7 Å². The number of fused-ring (bicyclic) bond motifs is 1. The highest BCUT2D eigenvalue weighted by Gasteiger charge is 2.13. The summed E-state index contributed by atoms with van der Waals surface area (Å²) in [6.07, 6.45) is 0. The van der Waals surface area contributed by atoms with Crippen molar-refractivity contribution < 1.29 is 4.42 Å². The van der Waals surface area contributed by atoms with E-state index in [9.17, 15) is 0 Å². The zero-order valence-corrected chi connectivity index (χ0v) is 9.22. The third-order valence-electron chi connectivity index (χ3n) is 2.21. The van der Waals surface area contributed by atoms with Crippen molar-refractivity contribution in [1.82, 2.24) is 4.98 Å². The fourth-order valence-electron chi connectivity index (χ4n) is 1.37. The van der Waals surface area contributed by atoms with E-state index in [0.29, 0.717) is 10.6 Å². The predicted molar refractivity (Wildman–Crippen MR) is 57.8 cm³/mol. The first-order valence-electron chi connectivity index (χ1n) is 4.65. The Morgan fingerprint density at radius 1 is 1.36 bits per heavy atom. The quantitative estimate of drug-likeness (QED) is 0.712. The molecular formula is C11H12ClNO. The molecule has 0 spiro atoms. The highest BCUT2D eigenvalue weighted by atomic mass is 35.5. The summed E-state index contributed by atoms with van der Waals surface area (Å²) in [7, 11) is 0. The topological polar surface area (TPSA) is 26.0 Å². The lowest BCUT2D eigenvalue weighted by Crippen LogP contribution is -1.85. The van der Waals surface area contributed by atoms with Crippen molar-refractivity contribution in [1.29, 1.82) is 0 Å². The van der Waals surface area contributed by atoms with E-state index in [1.807, 2.05) is 32.9 Å². The molecule has 0 aliphatic rings. The van der Waals surface area contributed by atoms with Crippen LogP contribution < -0.4 is 0 Å². The molecule has 0 N–H and O–H groups in total. The van der Waals surface area contributed by atoms with Gasteiger partial charge in [0.05, 0.1) is 5.02 Å². The maximum absolute atomic E-state index is 6.01. The predicted octanol–water partition coefficient (Wildman–Crippen LogP) is 3.91. The number of nitrogens with zero attached hydrogens (tertiary/aromatic N) is 1. The number of hydrogen-bond acceptors (Lipinski definition) is 2. The first-order chi connectivity index (χ1) is 6.59. The summed E-state index contributed by atoms with van der Waals surface area (Å²) in [5, 5.41) is 0.630. The molecular weight excluding hydrogens is 198 g/mol. The van der Waals surface area contributed by atoms with Gasteiger partial charge in [0, 0.05) is 5.92 Å². The van der Waals surface area contributed by atoms with Crippen LogP contribution in [0.3, 0.4) is 0 Å². The zero-order valence-electron chi connectivity index (χ0n) is 8.47. The summed E-state index contributed by atoms with van der Waals surface area (Å²) in [6, 6.07) is 3.80. The minimum Gasteiger partial charge on any atom is -0.439 e. The highest BCUT2D eigenvalue weighted by molar-refractivity contribution is 6.34. The van der Waals surface area contributed by atoms with Gasteiger partial charge in [-0.3, -0.25) is 0 Å². The van der Waals surface area contributed by atoms with E-state index >= 15 is 0 Å². The van der Waals surface area contributed by atoms with Gasteiger partial charge in [0.1, 0.15) is 5.52 Å². The van der Waals surface area contributed by atoms with Crippen molar-refractivity contribution in [3.8, 4) is 0 Å². The molecule has 2 rings (SSSR count). The second-order valence-corrected chi connectivity index (χ2v) is 4.16. The van der Waals surface area contributed by atoms with Crippen LogP contribution in [0.4, 0.5) is 0 Å². The lowest BCUT2D eigenvalue weighted by Gasteiger charge is -1.94. The Hall–Kier alpha value is -1.02. The maximum atomic E-state index is 6.01. The Kier molecular flexibility index (Phi) is 2.23. The minimum atomic E-state index is 0.290. The van der Waals surface area contributed by atoms with Crippen LogP contribution in [-0.2, 0) is 0 Å². The first-order valence-corrected chi connectivity index (χ1v) is 5.03. The van der Waals surface area contributed by atoms with E-state index in [2.05, 4.69) is 4.98 Å². The fourth-order valence-corrected chi connectivity index (χ4v) is 1.56. The molecule has 1 aromatic heterocycles. The monoisotopic (exact) mass is 209 g/mol. The van der Waals surface area contributed by atoms with Gasteiger partial charge in [0.2, 0.25) is 0 Å². The molecule has 0 saturated carbocycles. The van der Waals surface area contributed by atoms with Gasteiger partial charge in [0.15, 0.2) is 11.5 Å². The SMILES string of the molecule is Cc1ccc(Cl)c2oc(C(C)C)nc12. The van der Waals surface area contributed by atoms with Crippen molar-refractivity contribution in [2.24, 2.45) is 0 Å². The summed E-state index contributed by atoms with van der Waals surface area (Å²) in [5.41, 5.74) is 2.68. The molecule has 3 heteroatoms. The van der Waals surface area contributed by atoms with Crippen LogP contribution in [0.15, 0.2) is 16.5 Å². The summed E-state index contributed by atoms with van der Waals surface area (Å²) in [6.45, 7) is 6.10. The smallest absolute Gasteiger partial charge is 0.198 e. The lowest BCUT2D eigenvalue weighted by atomic mass is 10.2. The van der Waals surface area contributed by atoms with Gasteiger partial charge in [-0.25, -0.2) is 4.98 Å². The Labute approximate surface area is 87.9 Å². The Morgan fingerprint density at radius 2 is 2.07 bits per heavy atom. The lowest BCUT2D eigenvalue weighted by molar-refractivity contribution is 0.501. The Morgan fingerprint density at radius 3 is 2.64 bits per heavy atom. The van der Waals surface area contributed by atoms with Crippen molar-refractivity contribution in [2.45, 2.75) is 26.7 Å². The molecule has 0 aliphatic carbocycles. The maximum Gasteiger partial charge on any atom is 0.198 e. The van der Waals surface area contributed by atoms with Gasteiger partial charge < -0.3 is 4.42 Å². The molecule has 0 unspecified atom stereocenters. The van der Waals surface area contributed by atoms with E-state index in [4.69, 9.17) is 16.0 Å². The van der Waals surface area contributed by atoms with E-state index in [1.54, 1.807) is 0 Å². The van der Waals surface area contributed by atoms with Gasteiger partial charge >= 0.3 is 0 Å². The zero-order chi connectivity index (χ0) is 10.3. The van der Waals surface area contributed by atoms with Crippen molar-refractivity contribution in [3.05, 3.63) is 28.6 Å². The summed E-state index contributed by atoms with van der Waals surface area (Å²) in [4.78, 5) is 4.42. The third-order valence-corrected chi connectivity index (χ3v) is 2.51. The molecule has 0 bridgehead atoms. The second kappa shape index (κ2) is 3.28. The van der Waals surface area contributed by atoms with Gasteiger partial charge in [-0.2, -0.15) is 0 Å². The average molecular weight is 210 g/mol. The van der Waals surface area contributed by atoms with E-state index in [0.717, 1.165) is 17.0 Å². The standard InChI is InChI=1S/C11H12ClNO/c1-6(2)11-13-9-7(3)4-5-8(12)10(9)14-11/h4-6H,1-3H3. The van der Waals surface area contributed by atoms with E-state index < -0.39 is 0 Å². The summed E-state index contributed by atoms with van der Waals surface area (Å²) in [5.74, 6) is 1.04. The van der Waals surface area contributed by atoms with E-state index in [-0.39, 0.29) is 5.92 Å². The summed E-state index contributed by atoms with van der Waals surface area (Å²) < 4.78 is 5.60. The second-order valence-electron chi connectivity index (χ2n) is 3.75. The van der Waals surface area contributed by atoms with Crippen molar-refractivity contribution in [2.75, 3.05) is 0 Å². The van der Waals surface area contributed by atoms with Gasteiger partial charge in [-0.05, 0) is 18.6 Å². The van der Waals surface area contributed by atoms with Gasteiger partial charge in [-0.1, -0.05) is 31.5 Å². The molecule has 0 saturated heterocycles. The number of aryl methyl sites for hydroxylation is 1. The largest absolute Gasteiger partial charge is 0.439 e. The Bertz CT molecular complexity index is 434. The molecule has 14 heavy (non-hydrogen) atoms. The van der Waals surface area contributed by atoms with Crippen LogP contribution in [0, 0.1) is 6.92 Å². The number of benzene rings is 1. The molecule has 0 aliphatic heterocycles. The molecule has 2 nitrogen and oxygen atoms in total. The first kappa shape index (κ1) is 9.53. The fraction of sp³-hybridized carbons (Fsp3) is 0.364. The van der Waals surface area contributed by atoms with Gasteiger partial charge in [-0.15, -0.1) is 0 Å². The minimum absolute atomic E-state index is 0.290. The van der Waals surface area contributed by atoms with Gasteiger partial charge in [0.25, 0.3) is 0 Å². The number of rotatable bonds is 1. The molecule has 0 amide bonds. The van der Waals surface area contributed by atoms with Crippen LogP contribution in [0.1, 0.15) is 31.2 Å². The normalized spacial score (nSPS) is 11.5. The Balaban J connectivity index is 2.75. The number of hydrogen-bond donors (Lipinski definition) is 0. The van der Waals surface area contributed by atoms with Crippen LogP contribution in [0.5, 0.6) is 0 Å². The molecule has 74 valence electrons. The average Bonchev–Trinajstić information content (AvgIpc) is 2.57. The van der Waals surface area contributed by atoms with Crippen LogP contribution in [-0.4, -0.2) is 4.98 Å². The summed E-state index contributed by atoms with van der Waals surface area (Å²) >= 11 is 6.01. The molecule has 0 radical (unpaired) electrons. The van der Waals surface area contributed by atoms with Crippen LogP contribution >= 0.6 is 11.6 Å².